The van der Waals surface area contributed by atoms with Crippen LogP contribution in [0, 0.1) is 5.92 Å². The molecular formula is C13H22N4O2. The Bertz CT molecular complexity index is 444. The summed E-state index contributed by atoms with van der Waals surface area (Å²) in [6.07, 6.45) is 5.17. The molecule has 1 saturated carbocycles. The van der Waals surface area contributed by atoms with E-state index in [0.717, 1.165) is 25.7 Å². The standard InChI is InChI=1S/C13H22N4O2/c1-2-17-12(10(14)8-16-17)13(19)15-7-9-5-3-4-6-11(9)18/h8-9,11,18H,2-7,14H2,1H3,(H,15,19). The van der Waals surface area contributed by atoms with E-state index in [2.05, 4.69) is 10.4 Å². The third-order valence-corrected chi connectivity index (χ3v) is 3.78. The Balaban J connectivity index is 1.95. The molecule has 0 saturated heterocycles. The number of amides is 1. The Kier molecular flexibility index (Phi) is 4.42. The lowest BCUT2D eigenvalue weighted by Crippen LogP contribution is -2.37. The Morgan fingerprint density at radius 2 is 2.32 bits per heavy atom. The van der Waals surface area contributed by atoms with E-state index >= 15 is 0 Å². The van der Waals surface area contributed by atoms with Crippen molar-refractivity contribution in [3.05, 3.63) is 11.9 Å². The molecule has 6 nitrogen and oxygen atoms in total. The number of hydrogen-bond acceptors (Lipinski definition) is 4. The number of nitrogens with zero attached hydrogens (tertiary/aromatic N) is 2. The normalized spacial score (nSPS) is 23.3. The zero-order valence-corrected chi connectivity index (χ0v) is 11.3. The fourth-order valence-corrected chi connectivity index (χ4v) is 2.62. The van der Waals surface area contributed by atoms with Gasteiger partial charge in [0, 0.05) is 19.0 Å². The third-order valence-electron chi connectivity index (χ3n) is 3.78. The first-order chi connectivity index (χ1) is 9.13. The average molecular weight is 266 g/mol. The van der Waals surface area contributed by atoms with Crippen LogP contribution >= 0.6 is 0 Å². The summed E-state index contributed by atoms with van der Waals surface area (Å²) in [4.78, 5) is 12.1. The number of aliphatic hydroxyl groups excluding tert-OH is 1. The minimum Gasteiger partial charge on any atom is -0.396 e. The molecule has 1 heterocycles. The van der Waals surface area contributed by atoms with Crippen LogP contribution in [0.5, 0.6) is 0 Å². The molecule has 0 spiro atoms. The molecule has 1 aliphatic rings. The van der Waals surface area contributed by atoms with Gasteiger partial charge < -0.3 is 16.2 Å². The van der Waals surface area contributed by atoms with E-state index < -0.39 is 0 Å². The molecule has 2 atom stereocenters. The highest BCUT2D eigenvalue weighted by Gasteiger charge is 2.24. The molecule has 1 aliphatic carbocycles. The summed E-state index contributed by atoms with van der Waals surface area (Å²) < 4.78 is 1.59. The molecule has 0 aromatic carbocycles. The largest absolute Gasteiger partial charge is 0.396 e. The summed E-state index contributed by atoms with van der Waals surface area (Å²) in [7, 11) is 0. The molecule has 0 aliphatic heterocycles. The molecule has 1 aromatic heterocycles. The maximum Gasteiger partial charge on any atom is 0.271 e. The highest BCUT2D eigenvalue weighted by molar-refractivity contribution is 5.97. The minimum absolute atomic E-state index is 0.150. The summed E-state index contributed by atoms with van der Waals surface area (Å²) in [5.41, 5.74) is 6.56. The number of aryl methyl sites for hydroxylation is 1. The van der Waals surface area contributed by atoms with Crippen molar-refractivity contribution >= 4 is 11.6 Å². The zero-order valence-electron chi connectivity index (χ0n) is 11.3. The van der Waals surface area contributed by atoms with Crippen LogP contribution in [0.3, 0.4) is 0 Å². The molecular weight excluding hydrogens is 244 g/mol. The topological polar surface area (TPSA) is 93.2 Å². The van der Waals surface area contributed by atoms with Gasteiger partial charge in [0.2, 0.25) is 0 Å². The van der Waals surface area contributed by atoms with Gasteiger partial charge in [-0.3, -0.25) is 9.48 Å². The van der Waals surface area contributed by atoms with Gasteiger partial charge in [-0.2, -0.15) is 5.10 Å². The number of hydrogen-bond donors (Lipinski definition) is 3. The number of nitrogens with two attached hydrogens (primary N) is 1. The number of carbonyl (C=O) groups is 1. The van der Waals surface area contributed by atoms with Crippen LogP contribution in [0.2, 0.25) is 0 Å². The predicted octanol–water partition coefficient (Wildman–Crippen LogP) is 0.766. The van der Waals surface area contributed by atoms with E-state index in [0.29, 0.717) is 24.5 Å². The Labute approximate surface area is 113 Å². The van der Waals surface area contributed by atoms with Gasteiger partial charge in [-0.1, -0.05) is 12.8 Å². The van der Waals surface area contributed by atoms with Crippen LogP contribution in [0.15, 0.2) is 6.20 Å². The van der Waals surface area contributed by atoms with Gasteiger partial charge in [0.25, 0.3) is 5.91 Å². The first kappa shape index (κ1) is 13.9. The summed E-state index contributed by atoms with van der Waals surface area (Å²) in [5, 5.41) is 16.8. The van der Waals surface area contributed by atoms with Gasteiger partial charge in [-0.25, -0.2) is 0 Å². The quantitative estimate of drug-likeness (QED) is 0.750. The minimum atomic E-state index is -0.303. The van der Waals surface area contributed by atoms with Gasteiger partial charge in [0.05, 0.1) is 18.0 Å². The Morgan fingerprint density at radius 3 is 3.00 bits per heavy atom. The Morgan fingerprint density at radius 1 is 1.58 bits per heavy atom. The third kappa shape index (κ3) is 3.07. The first-order valence-electron chi connectivity index (χ1n) is 6.91. The van der Waals surface area contributed by atoms with E-state index in [-0.39, 0.29) is 17.9 Å². The molecule has 106 valence electrons. The average Bonchev–Trinajstić information content (AvgIpc) is 2.78. The predicted molar refractivity (Wildman–Crippen MR) is 72.6 cm³/mol. The van der Waals surface area contributed by atoms with Crippen LogP contribution in [0.25, 0.3) is 0 Å². The van der Waals surface area contributed by atoms with Crippen LogP contribution in [0.1, 0.15) is 43.1 Å². The maximum atomic E-state index is 12.1. The van der Waals surface area contributed by atoms with Crippen molar-refractivity contribution < 1.29 is 9.90 Å². The number of nitrogens with one attached hydrogen (secondary N) is 1. The lowest BCUT2D eigenvalue weighted by Gasteiger charge is -2.27. The van der Waals surface area contributed by atoms with Crippen molar-refractivity contribution in [2.75, 3.05) is 12.3 Å². The molecule has 1 amide bonds. The van der Waals surface area contributed by atoms with Crippen molar-refractivity contribution in [1.29, 1.82) is 0 Å². The van der Waals surface area contributed by atoms with Crippen molar-refractivity contribution in [1.82, 2.24) is 15.1 Å². The van der Waals surface area contributed by atoms with E-state index in [1.54, 1.807) is 4.68 Å². The molecule has 6 heteroatoms. The van der Waals surface area contributed by atoms with Crippen LogP contribution in [-0.4, -0.2) is 33.4 Å². The summed E-state index contributed by atoms with van der Waals surface area (Å²) in [6, 6.07) is 0. The molecule has 2 unspecified atom stereocenters. The van der Waals surface area contributed by atoms with Gasteiger partial charge >= 0.3 is 0 Å². The molecule has 4 N–H and O–H groups in total. The van der Waals surface area contributed by atoms with E-state index in [1.165, 1.54) is 6.20 Å². The van der Waals surface area contributed by atoms with E-state index in [9.17, 15) is 9.90 Å². The lowest BCUT2D eigenvalue weighted by atomic mass is 9.86. The second kappa shape index (κ2) is 6.06. The van der Waals surface area contributed by atoms with Gasteiger partial charge in [-0.15, -0.1) is 0 Å². The zero-order chi connectivity index (χ0) is 13.8. The molecule has 1 fully saturated rings. The van der Waals surface area contributed by atoms with E-state index in [1.807, 2.05) is 6.92 Å². The number of rotatable bonds is 4. The van der Waals surface area contributed by atoms with Crippen molar-refractivity contribution in [2.45, 2.75) is 45.3 Å². The van der Waals surface area contributed by atoms with Crippen molar-refractivity contribution in [3.8, 4) is 0 Å². The molecule has 0 radical (unpaired) electrons. The van der Waals surface area contributed by atoms with Gasteiger partial charge in [0.15, 0.2) is 0 Å². The number of aromatic nitrogens is 2. The number of carbonyl (C=O) groups excluding carboxylic acids is 1. The fraction of sp³-hybridized carbons (Fsp3) is 0.692. The molecule has 1 aromatic rings. The number of aliphatic hydroxyl groups is 1. The summed E-state index contributed by atoms with van der Waals surface area (Å²) in [5.74, 6) is -0.0634. The highest BCUT2D eigenvalue weighted by atomic mass is 16.3. The van der Waals surface area contributed by atoms with Crippen molar-refractivity contribution in [2.24, 2.45) is 5.92 Å². The first-order valence-corrected chi connectivity index (χ1v) is 6.91. The molecule has 0 bridgehead atoms. The monoisotopic (exact) mass is 266 g/mol. The van der Waals surface area contributed by atoms with Gasteiger partial charge in [0.1, 0.15) is 5.69 Å². The van der Waals surface area contributed by atoms with Crippen LogP contribution in [0.4, 0.5) is 5.69 Å². The van der Waals surface area contributed by atoms with Gasteiger partial charge in [-0.05, 0) is 19.8 Å². The fourth-order valence-electron chi connectivity index (χ4n) is 2.62. The summed E-state index contributed by atoms with van der Waals surface area (Å²) >= 11 is 0. The van der Waals surface area contributed by atoms with E-state index in [4.69, 9.17) is 5.73 Å². The number of nitrogen functional groups attached to an aromatic ring is 1. The molecule has 2 rings (SSSR count). The number of anilines is 1. The van der Waals surface area contributed by atoms with Crippen molar-refractivity contribution in [3.63, 3.8) is 0 Å². The second-order valence-electron chi connectivity index (χ2n) is 5.09. The smallest absolute Gasteiger partial charge is 0.271 e. The maximum absolute atomic E-state index is 12.1. The lowest BCUT2D eigenvalue weighted by molar-refractivity contribution is 0.0660. The second-order valence-corrected chi connectivity index (χ2v) is 5.09. The SMILES string of the molecule is CCn1ncc(N)c1C(=O)NCC1CCCCC1O. The Hall–Kier alpha value is -1.56. The highest BCUT2D eigenvalue weighted by Crippen LogP contribution is 2.23. The molecule has 19 heavy (non-hydrogen) atoms. The summed E-state index contributed by atoms with van der Waals surface area (Å²) in [6.45, 7) is 3.01. The van der Waals surface area contributed by atoms with Crippen LogP contribution < -0.4 is 11.1 Å². The van der Waals surface area contributed by atoms with Crippen LogP contribution in [-0.2, 0) is 6.54 Å².